The Bertz CT molecular complexity index is 1470. The van der Waals surface area contributed by atoms with Crippen molar-refractivity contribution < 1.29 is 17.9 Å². The molecule has 1 amide bonds. The minimum atomic E-state index is -3.29. The molecule has 10 nitrogen and oxygen atoms in total. The third kappa shape index (κ3) is 4.24. The molecule has 1 aliphatic rings. The Morgan fingerprint density at radius 3 is 2.62 bits per heavy atom. The summed E-state index contributed by atoms with van der Waals surface area (Å²) in [6.45, 7) is 1.71. The van der Waals surface area contributed by atoms with Gasteiger partial charge in [-0.05, 0) is 36.6 Å². The molecular formula is C23H23N5O5S. The molecule has 3 aromatic rings. The van der Waals surface area contributed by atoms with Crippen LogP contribution >= 0.6 is 0 Å². The van der Waals surface area contributed by atoms with Crippen LogP contribution in [0.15, 0.2) is 41.3 Å². The van der Waals surface area contributed by atoms with Crippen LogP contribution in [0.1, 0.15) is 41.3 Å². The number of hydrogen-bond acceptors (Lipinski definition) is 8. The average Bonchev–Trinajstić information content (AvgIpc) is 3.65. The molecule has 1 fully saturated rings. The number of aromatic nitrogens is 3. The van der Waals surface area contributed by atoms with Gasteiger partial charge in [-0.1, -0.05) is 19.1 Å². The van der Waals surface area contributed by atoms with E-state index >= 15 is 0 Å². The monoisotopic (exact) mass is 481 g/mol. The van der Waals surface area contributed by atoms with Crippen LogP contribution in [0, 0.1) is 11.3 Å². The molecule has 2 heterocycles. The predicted molar refractivity (Wildman–Crippen MR) is 124 cm³/mol. The summed E-state index contributed by atoms with van der Waals surface area (Å²) in [5.41, 5.74) is 0.994. The van der Waals surface area contributed by atoms with Crippen molar-refractivity contribution in [3.05, 3.63) is 63.6 Å². The Morgan fingerprint density at radius 1 is 1.29 bits per heavy atom. The number of carbonyl (C=O) groups is 1. The molecule has 34 heavy (non-hydrogen) atoms. The third-order valence-corrected chi connectivity index (χ3v) is 8.70. The lowest BCUT2D eigenvalue weighted by molar-refractivity contribution is 0.0949. The standard InChI is InChI=1S/C23H23N5O5S/c1-3-34(31,32)23(8-9-23)14-33-21-19-17(13-26-27-21)10-18(22(30)28(19)2)20(29)25-12-16-6-4-15(11-24)5-7-16/h4-7,10,13H,3,8-9,12,14H2,1-2H3,(H,25,29). The zero-order valence-corrected chi connectivity index (χ0v) is 19.6. The van der Waals surface area contributed by atoms with Crippen LogP contribution in [0.4, 0.5) is 0 Å². The quantitative estimate of drug-likeness (QED) is 0.509. The summed E-state index contributed by atoms with van der Waals surface area (Å²) in [5.74, 6) is -0.492. The highest BCUT2D eigenvalue weighted by Gasteiger charge is 2.54. The van der Waals surface area contributed by atoms with Crippen molar-refractivity contribution in [2.75, 3.05) is 12.4 Å². The van der Waals surface area contributed by atoms with E-state index < -0.39 is 26.1 Å². The smallest absolute Gasteiger partial charge is 0.263 e. The van der Waals surface area contributed by atoms with E-state index in [2.05, 4.69) is 15.5 Å². The molecule has 4 rings (SSSR count). The van der Waals surface area contributed by atoms with Gasteiger partial charge >= 0.3 is 0 Å². The minimum Gasteiger partial charge on any atom is -0.473 e. The molecule has 0 radical (unpaired) electrons. The van der Waals surface area contributed by atoms with Crippen LogP contribution in [0.3, 0.4) is 0 Å². The molecule has 0 aliphatic heterocycles. The molecule has 176 valence electrons. The number of aryl methyl sites for hydroxylation is 1. The molecule has 1 aliphatic carbocycles. The summed E-state index contributed by atoms with van der Waals surface area (Å²) in [4.78, 5) is 25.7. The van der Waals surface area contributed by atoms with Crippen LogP contribution < -0.4 is 15.6 Å². The van der Waals surface area contributed by atoms with Crippen LogP contribution in [-0.2, 0) is 23.4 Å². The highest BCUT2D eigenvalue weighted by molar-refractivity contribution is 7.93. The Morgan fingerprint density at radius 2 is 2.00 bits per heavy atom. The van der Waals surface area contributed by atoms with Crippen molar-refractivity contribution in [2.24, 2.45) is 7.05 Å². The van der Waals surface area contributed by atoms with E-state index in [0.717, 1.165) is 5.56 Å². The maximum Gasteiger partial charge on any atom is 0.263 e. The van der Waals surface area contributed by atoms with Crippen LogP contribution in [0.5, 0.6) is 5.88 Å². The molecule has 1 N–H and O–H groups in total. The summed E-state index contributed by atoms with van der Waals surface area (Å²) in [6, 6.07) is 10.2. The first-order valence-electron chi connectivity index (χ1n) is 10.7. The van der Waals surface area contributed by atoms with Gasteiger partial charge in [0.1, 0.15) is 22.4 Å². The second kappa shape index (κ2) is 8.87. The number of carbonyl (C=O) groups excluding carboxylic acids is 1. The lowest BCUT2D eigenvalue weighted by Crippen LogP contribution is -2.33. The minimum absolute atomic E-state index is 0.0248. The van der Waals surface area contributed by atoms with Gasteiger partial charge in [-0.3, -0.25) is 9.59 Å². The van der Waals surface area contributed by atoms with Gasteiger partial charge in [-0.15, -0.1) is 5.10 Å². The van der Waals surface area contributed by atoms with Crippen LogP contribution in [0.2, 0.25) is 0 Å². The number of fused-ring (bicyclic) bond motifs is 1. The third-order valence-electron chi connectivity index (χ3n) is 6.09. The zero-order chi connectivity index (χ0) is 24.5. The lowest BCUT2D eigenvalue weighted by Gasteiger charge is -2.17. The fourth-order valence-electron chi connectivity index (χ4n) is 3.74. The first kappa shape index (κ1) is 23.4. The van der Waals surface area contributed by atoms with E-state index in [1.165, 1.54) is 23.9 Å². The van der Waals surface area contributed by atoms with Crippen LogP contribution in [-0.4, -0.2) is 46.2 Å². The molecule has 1 saturated carbocycles. The van der Waals surface area contributed by atoms with E-state index in [9.17, 15) is 18.0 Å². The SMILES string of the molecule is CCS(=O)(=O)C1(COc2nncc3cc(C(=O)NCc4ccc(C#N)cc4)c(=O)n(C)c23)CC1. The number of pyridine rings is 1. The maximum absolute atomic E-state index is 13.0. The van der Waals surface area contributed by atoms with E-state index in [4.69, 9.17) is 10.00 Å². The topological polar surface area (TPSA) is 144 Å². The number of nitrogens with zero attached hydrogens (tertiary/aromatic N) is 4. The van der Waals surface area contributed by atoms with E-state index in [0.29, 0.717) is 29.3 Å². The van der Waals surface area contributed by atoms with Gasteiger partial charge < -0.3 is 14.6 Å². The van der Waals surface area contributed by atoms with Gasteiger partial charge in [0.25, 0.3) is 17.3 Å². The van der Waals surface area contributed by atoms with Crippen molar-refractivity contribution in [1.82, 2.24) is 20.1 Å². The summed E-state index contributed by atoms with van der Waals surface area (Å²) in [6.07, 6.45) is 2.45. The number of nitrogens with one attached hydrogen (secondary N) is 1. The molecule has 11 heteroatoms. The lowest BCUT2D eigenvalue weighted by atomic mass is 10.1. The summed E-state index contributed by atoms with van der Waals surface area (Å²) in [5, 5.41) is 19.9. The first-order valence-corrected chi connectivity index (χ1v) is 12.3. The van der Waals surface area contributed by atoms with Gasteiger partial charge in [-0.25, -0.2) is 8.42 Å². The molecule has 0 atom stereocenters. The van der Waals surface area contributed by atoms with Crippen molar-refractivity contribution in [3.63, 3.8) is 0 Å². The molecule has 2 aromatic heterocycles. The molecule has 0 spiro atoms. The van der Waals surface area contributed by atoms with Crippen LogP contribution in [0.25, 0.3) is 10.9 Å². The second-order valence-electron chi connectivity index (χ2n) is 8.24. The van der Waals surface area contributed by atoms with Gasteiger partial charge in [0, 0.05) is 24.7 Å². The van der Waals surface area contributed by atoms with Crippen molar-refractivity contribution >= 4 is 26.6 Å². The van der Waals surface area contributed by atoms with Gasteiger partial charge in [0.05, 0.1) is 17.8 Å². The highest BCUT2D eigenvalue weighted by Crippen LogP contribution is 2.44. The molecule has 0 bridgehead atoms. The Balaban J connectivity index is 1.58. The van der Waals surface area contributed by atoms with Crippen molar-refractivity contribution in [3.8, 4) is 11.9 Å². The number of amides is 1. The van der Waals surface area contributed by atoms with E-state index in [1.54, 1.807) is 31.2 Å². The largest absolute Gasteiger partial charge is 0.473 e. The Labute approximate surface area is 196 Å². The number of rotatable bonds is 8. The average molecular weight is 482 g/mol. The summed E-state index contributed by atoms with van der Waals surface area (Å²) in [7, 11) is -1.80. The van der Waals surface area contributed by atoms with Gasteiger partial charge in [0.2, 0.25) is 0 Å². The van der Waals surface area contributed by atoms with Gasteiger partial charge in [-0.2, -0.15) is 10.4 Å². The summed E-state index contributed by atoms with van der Waals surface area (Å²) < 4.78 is 30.8. The van der Waals surface area contributed by atoms with E-state index in [1.807, 2.05) is 6.07 Å². The Kier molecular flexibility index (Phi) is 6.10. The number of hydrogen-bond donors (Lipinski definition) is 1. The zero-order valence-electron chi connectivity index (χ0n) is 18.7. The van der Waals surface area contributed by atoms with Crippen molar-refractivity contribution in [2.45, 2.75) is 31.1 Å². The number of nitriles is 1. The number of benzene rings is 1. The number of sulfone groups is 1. The fourth-order valence-corrected chi connectivity index (χ4v) is 5.32. The molecular weight excluding hydrogens is 458 g/mol. The van der Waals surface area contributed by atoms with Gasteiger partial charge in [0.15, 0.2) is 9.84 Å². The predicted octanol–water partition coefficient (Wildman–Crippen LogP) is 1.48. The Hall–Kier alpha value is -3.78. The second-order valence-corrected chi connectivity index (χ2v) is 10.9. The summed E-state index contributed by atoms with van der Waals surface area (Å²) >= 11 is 0. The highest BCUT2D eigenvalue weighted by atomic mass is 32.2. The fraction of sp³-hybridized carbons (Fsp3) is 0.348. The molecule has 0 unspecified atom stereocenters. The molecule has 0 saturated heterocycles. The number of ether oxygens (including phenoxy) is 1. The molecule has 1 aromatic carbocycles. The first-order chi connectivity index (χ1) is 16.2. The normalized spacial score (nSPS) is 14.4. The van der Waals surface area contributed by atoms with E-state index in [-0.39, 0.29) is 30.3 Å². The van der Waals surface area contributed by atoms with Crippen molar-refractivity contribution in [1.29, 1.82) is 5.26 Å². The maximum atomic E-state index is 13.0.